The fourth-order valence-electron chi connectivity index (χ4n) is 3.89. The number of rotatable bonds is 4. The number of aromatic nitrogens is 3. The van der Waals surface area contributed by atoms with Gasteiger partial charge in [-0.15, -0.1) is 12.4 Å². The summed E-state index contributed by atoms with van der Waals surface area (Å²) >= 11 is 7.50. The molecule has 35 heavy (non-hydrogen) atoms. The zero-order valence-corrected chi connectivity index (χ0v) is 20.4. The van der Waals surface area contributed by atoms with Gasteiger partial charge in [-0.2, -0.15) is 4.37 Å². The van der Waals surface area contributed by atoms with Gasteiger partial charge in [-0.05, 0) is 35.8 Å². The topological polar surface area (TPSA) is 118 Å². The van der Waals surface area contributed by atoms with Gasteiger partial charge in [0.1, 0.15) is 18.1 Å². The van der Waals surface area contributed by atoms with E-state index in [9.17, 15) is 18.8 Å². The molecule has 3 amide bonds. The Morgan fingerprint density at radius 3 is 2.77 bits per heavy atom. The van der Waals surface area contributed by atoms with Crippen LogP contribution in [0.2, 0.25) is 5.02 Å². The van der Waals surface area contributed by atoms with Crippen LogP contribution in [0.15, 0.2) is 42.5 Å². The number of amides is 3. The summed E-state index contributed by atoms with van der Waals surface area (Å²) in [4.78, 5) is 42.5. The first-order valence-corrected chi connectivity index (χ1v) is 11.2. The number of hydrogen-bond acceptors (Lipinski definition) is 6. The molecular weight excluding hydrogens is 518 g/mol. The number of carbonyl (C=O) groups excluding carboxylic acids is 3. The van der Waals surface area contributed by atoms with Crippen LogP contribution in [-0.2, 0) is 11.3 Å². The summed E-state index contributed by atoms with van der Waals surface area (Å²) in [7, 11) is 1.42. The Labute approximate surface area is 213 Å². The van der Waals surface area contributed by atoms with Gasteiger partial charge < -0.3 is 20.5 Å². The van der Waals surface area contributed by atoms with Crippen molar-refractivity contribution in [3.8, 4) is 0 Å². The molecule has 3 N–H and O–H groups in total. The summed E-state index contributed by atoms with van der Waals surface area (Å²) < 4.78 is 20.5. The quantitative estimate of drug-likeness (QED) is 0.370. The van der Waals surface area contributed by atoms with Crippen molar-refractivity contribution in [3.05, 3.63) is 76.1 Å². The van der Waals surface area contributed by atoms with E-state index in [0.29, 0.717) is 11.1 Å². The van der Waals surface area contributed by atoms with Gasteiger partial charge in [0, 0.05) is 23.0 Å². The van der Waals surface area contributed by atoms with Crippen LogP contribution >= 0.6 is 35.5 Å². The highest BCUT2D eigenvalue weighted by Crippen LogP contribution is 2.36. The van der Waals surface area contributed by atoms with Gasteiger partial charge in [-0.25, -0.2) is 9.37 Å². The van der Waals surface area contributed by atoms with Crippen molar-refractivity contribution in [2.24, 2.45) is 0 Å². The van der Waals surface area contributed by atoms with Gasteiger partial charge in [0.25, 0.3) is 11.8 Å². The van der Waals surface area contributed by atoms with Crippen molar-refractivity contribution in [2.45, 2.75) is 12.6 Å². The first-order valence-electron chi connectivity index (χ1n) is 10.1. The fourth-order valence-corrected chi connectivity index (χ4v) is 4.89. The lowest BCUT2D eigenvalue weighted by Gasteiger charge is -2.28. The molecule has 9 nitrogen and oxygen atoms in total. The van der Waals surface area contributed by atoms with Gasteiger partial charge in [0.15, 0.2) is 5.82 Å². The number of carbonyl (C=O) groups is 3. The summed E-state index contributed by atoms with van der Waals surface area (Å²) in [6.45, 7) is -0.218. The predicted octanol–water partition coefficient (Wildman–Crippen LogP) is 3.54. The minimum Gasteiger partial charge on any atom is -0.352 e. The van der Waals surface area contributed by atoms with Gasteiger partial charge in [-0.3, -0.25) is 14.4 Å². The minimum absolute atomic E-state index is 0. The molecule has 5 rings (SSSR count). The van der Waals surface area contributed by atoms with E-state index in [1.807, 2.05) is 12.1 Å². The summed E-state index contributed by atoms with van der Waals surface area (Å²) in [6.07, 6.45) is 0. The molecule has 0 saturated heterocycles. The minimum atomic E-state index is -0.960. The van der Waals surface area contributed by atoms with Crippen molar-refractivity contribution in [2.75, 3.05) is 12.4 Å². The number of benzene rings is 2. The maximum Gasteiger partial charge on any atom is 0.287 e. The predicted molar refractivity (Wildman–Crippen MR) is 132 cm³/mol. The zero-order valence-electron chi connectivity index (χ0n) is 18.0. The second-order valence-corrected chi connectivity index (χ2v) is 8.69. The van der Waals surface area contributed by atoms with Crippen LogP contribution < -0.4 is 16.0 Å². The van der Waals surface area contributed by atoms with Crippen molar-refractivity contribution < 1.29 is 18.8 Å². The molecule has 2 aromatic heterocycles. The smallest absolute Gasteiger partial charge is 0.287 e. The molecule has 0 saturated carbocycles. The van der Waals surface area contributed by atoms with E-state index in [1.54, 1.807) is 12.1 Å². The molecule has 0 bridgehead atoms. The third kappa shape index (κ3) is 4.33. The number of nitrogens with zero attached hydrogens (tertiary/aromatic N) is 3. The van der Waals surface area contributed by atoms with Crippen LogP contribution in [0.3, 0.4) is 0 Å². The average Bonchev–Trinajstić information content (AvgIpc) is 3.41. The average molecular weight is 535 g/mol. The third-order valence-corrected chi connectivity index (χ3v) is 6.58. The van der Waals surface area contributed by atoms with Crippen LogP contribution in [0, 0.1) is 5.82 Å². The first kappa shape index (κ1) is 24.6. The lowest BCUT2D eigenvalue weighted by atomic mass is 10.0. The summed E-state index contributed by atoms with van der Waals surface area (Å²) in [5, 5.41) is 8.82. The van der Waals surface area contributed by atoms with Crippen molar-refractivity contribution in [1.82, 2.24) is 24.6 Å². The van der Waals surface area contributed by atoms with Crippen LogP contribution in [-0.4, -0.2) is 38.7 Å². The van der Waals surface area contributed by atoms with E-state index in [2.05, 4.69) is 25.3 Å². The third-order valence-electron chi connectivity index (χ3n) is 5.41. The van der Waals surface area contributed by atoms with Gasteiger partial charge >= 0.3 is 0 Å². The lowest BCUT2D eigenvalue weighted by Crippen LogP contribution is -2.41. The largest absolute Gasteiger partial charge is 0.352 e. The molecule has 4 aromatic rings. The fraction of sp³-hybridized carbons (Fsp3) is 0.136. The number of anilines is 1. The highest BCUT2D eigenvalue weighted by molar-refractivity contribution is 7.13. The molecule has 1 aliphatic heterocycles. The monoisotopic (exact) mass is 534 g/mol. The molecule has 3 heterocycles. The first-order chi connectivity index (χ1) is 16.4. The van der Waals surface area contributed by atoms with Crippen molar-refractivity contribution in [3.63, 3.8) is 0 Å². The molecule has 1 atom stereocenters. The molecular formula is C22H17Cl2FN6O3S. The Balaban J connectivity index is 0.00000289. The van der Waals surface area contributed by atoms with E-state index in [0.717, 1.165) is 4.70 Å². The number of fused-ring (bicyclic) bond motifs is 2. The van der Waals surface area contributed by atoms with E-state index >= 15 is 0 Å². The lowest BCUT2D eigenvalue weighted by molar-refractivity contribution is -0.123. The van der Waals surface area contributed by atoms with E-state index in [4.69, 9.17) is 11.6 Å². The number of nitrogens with one attached hydrogen (secondary N) is 3. The standard InChI is InChI=1S/C22H16ClFN6O3S.ClH/c1-25-22(33)20-27-19(28-21(32)17-11-4-2-3-5-14(11)34-29-17)18-16(26-15(31)9-30(18)20)12-8-10(24)6-7-13(12)23;/h2-8,16H,9H2,1H3,(H,25,33)(H,26,31)(H,28,32);1H/t16-;/m0./s1. The molecule has 2 aromatic carbocycles. The normalized spacial score (nSPS) is 14.6. The number of hydrogen-bond donors (Lipinski definition) is 3. The second-order valence-electron chi connectivity index (χ2n) is 7.48. The van der Waals surface area contributed by atoms with E-state index < -0.39 is 29.6 Å². The van der Waals surface area contributed by atoms with Crippen LogP contribution in [0.25, 0.3) is 10.1 Å². The maximum atomic E-state index is 14.1. The van der Waals surface area contributed by atoms with Gasteiger partial charge in [0.05, 0.1) is 16.4 Å². The molecule has 0 fully saturated rings. The zero-order chi connectivity index (χ0) is 24.0. The highest BCUT2D eigenvalue weighted by Gasteiger charge is 2.36. The summed E-state index contributed by atoms with van der Waals surface area (Å²) in [6, 6.07) is 10.1. The maximum absolute atomic E-state index is 14.1. The van der Waals surface area contributed by atoms with E-state index in [1.165, 1.54) is 41.3 Å². The molecule has 180 valence electrons. The number of imidazole rings is 1. The Morgan fingerprint density at radius 2 is 2.00 bits per heavy atom. The SMILES string of the molecule is CNC(=O)c1nc(NC(=O)c2nsc3ccccc23)c2n1CC(=O)N[C@H]2c1cc(F)ccc1Cl.Cl. The molecule has 1 aliphatic rings. The summed E-state index contributed by atoms with van der Waals surface area (Å²) in [5.41, 5.74) is 0.747. The van der Waals surface area contributed by atoms with Crippen LogP contribution in [0.5, 0.6) is 0 Å². The Kier molecular flexibility index (Phi) is 6.75. The molecule has 0 unspecified atom stereocenters. The highest BCUT2D eigenvalue weighted by atomic mass is 35.5. The molecule has 0 spiro atoms. The Bertz CT molecular complexity index is 1490. The van der Waals surface area contributed by atoms with Crippen LogP contribution in [0.4, 0.5) is 10.2 Å². The van der Waals surface area contributed by atoms with Gasteiger partial charge in [0.2, 0.25) is 11.7 Å². The second kappa shape index (κ2) is 9.61. The molecule has 0 radical (unpaired) electrons. The van der Waals surface area contributed by atoms with Crippen molar-refractivity contribution in [1.29, 1.82) is 0 Å². The Hall–Kier alpha value is -3.54. The molecule has 0 aliphatic carbocycles. The summed E-state index contributed by atoms with van der Waals surface area (Å²) in [5.74, 6) is -2.13. The number of halogens is 3. The van der Waals surface area contributed by atoms with Gasteiger partial charge in [-0.1, -0.05) is 29.8 Å². The van der Waals surface area contributed by atoms with E-state index in [-0.39, 0.29) is 46.9 Å². The van der Waals surface area contributed by atoms with Crippen LogP contribution in [0.1, 0.15) is 38.4 Å². The van der Waals surface area contributed by atoms with Crippen molar-refractivity contribution >= 4 is 69.2 Å². The molecule has 13 heteroatoms. The Morgan fingerprint density at radius 1 is 1.23 bits per heavy atom.